The van der Waals surface area contributed by atoms with Gasteiger partial charge in [-0.3, -0.25) is 0 Å². The van der Waals surface area contributed by atoms with Crippen LogP contribution in [0.2, 0.25) is 0 Å². The zero-order chi connectivity index (χ0) is 8.97. The molecule has 0 N–H and O–H groups in total. The first-order valence-electron chi connectivity index (χ1n) is 3.30. The second kappa shape index (κ2) is 3.87. The minimum atomic E-state index is -0.537. The molecule has 5 heteroatoms. The highest BCUT2D eigenvalue weighted by Crippen LogP contribution is 2.05. The van der Waals surface area contributed by atoms with Crippen LogP contribution >= 0.6 is 0 Å². The third kappa shape index (κ3) is 1.82. The summed E-state index contributed by atoms with van der Waals surface area (Å²) in [5.74, 6) is -0.450. The third-order valence-corrected chi connectivity index (χ3v) is 1.24. The molecule has 12 heavy (non-hydrogen) atoms. The molecule has 0 aliphatic rings. The van der Waals surface area contributed by atoms with E-state index in [-0.39, 0.29) is 5.76 Å². The summed E-state index contributed by atoms with van der Waals surface area (Å²) in [6.07, 6.45) is 0. The molecular formula is C7H9NO4. The first-order chi connectivity index (χ1) is 5.77. The van der Waals surface area contributed by atoms with Gasteiger partial charge in [-0.25, -0.2) is 4.79 Å². The number of hydrogen-bond donors (Lipinski definition) is 0. The van der Waals surface area contributed by atoms with Gasteiger partial charge in [0.2, 0.25) is 5.76 Å². The predicted octanol–water partition coefficient (Wildman–Crippen LogP) is 0.608. The summed E-state index contributed by atoms with van der Waals surface area (Å²) in [7, 11) is 2.81. The van der Waals surface area contributed by atoms with Crippen molar-refractivity contribution in [3.63, 3.8) is 0 Å². The van der Waals surface area contributed by atoms with Gasteiger partial charge in [-0.15, -0.1) is 0 Å². The summed E-state index contributed by atoms with van der Waals surface area (Å²) in [6, 6.07) is 1.48. The van der Waals surface area contributed by atoms with Crippen LogP contribution in [0.4, 0.5) is 0 Å². The van der Waals surface area contributed by atoms with Crippen LogP contribution in [0, 0.1) is 0 Å². The first kappa shape index (κ1) is 8.73. The smallest absolute Gasteiger partial charge is 0.376 e. The zero-order valence-electron chi connectivity index (χ0n) is 6.86. The number of aromatic nitrogens is 1. The standard InChI is InChI=1S/C7H9NO4/c1-10-4-5-3-6(12-8-5)7(9)11-2/h3H,4H2,1-2H3. The van der Waals surface area contributed by atoms with E-state index < -0.39 is 5.97 Å². The molecule has 0 unspecified atom stereocenters. The number of ether oxygens (including phenoxy) is 2. The number of hydrogen-bond acceptors (Lipinski definition) is 5. The van der Waals surface area contributed by atoms with Crippen LogP contribution in [0.5, 0.6) is 0 Å². The van der Waals surface area contributed by atoms with E-state index in [1.165, 1.54) is 20.3 Å². The van der Waals surface area contributed by atoms with Gasteiger partial charge in [-0.1, -0.05) is 5.16 Å². The lowest BCUT2D eigenvalue weighted by atomic mass is 10.4. The van der Waals surface area contributed by atoms with Gasteiger partial charge in [0.25, 0.3) is 0 Å². The van der Waals surface area contributed by atoms with E-state index in [0.29, 0.717) is 12.3 Å². The Kier molecular flexibility index (Phi) is 2.82. The summed E-state index contributed by atoms with van der Waals surface area (Å²) in [6.45, 7) is 0.320. The quantitative estimate of drug-likeness (QED) is 0.623. The van der Waals surface area contributed by atoms with Crippen LogP contribution in [0.25, 0.3) is 0 Å². The summed E-state index contributed by atoms with van der Waals surface area (Å²) < 4.78 is 13.9. The van der Waals surface area contributed by atoms with E-state index in [9.17, 15) is 4.79 Å². The van der Waals surface area contributed by atoms with Crippen LogP contribution in [0.1, 0.15) is 16.2 Å². The summed E-state index contributed by atoms with van der Waals surface area (Å²) >= 11 is 0. The van der Waals surface area contributed by atoms with Crippen molar-refractivity contribution in [1.82, 2.24) is 5.16 Å². The Morgan fingerprint density at radius 2 is 2.42 bits per heavy atom. The van der Waals surface area contributed by atoms with Crippen molar-refractivity contribution in [1.29, 1.82) is 0 Å². The van der Waals surface area contributed by atoms with E-state index in [1.807, 2.05) is 0 Å². The Labute approximate surface area is 69.2 Å². The highest BCUT2D eigenvalue weighted by molar-refractivity contribution is 5.86. The molecule has 1 rings (SSSR count). The van der Waals surface area contributed by atoms with Crippen molar-refractivity contribution in [3.8, 4) is 0 Å². The predicted molar refractivity (Wildman–Crippen MR) is 38.6 cm³/mol. The van der Waals surface area contributed by atoms with Crippen molar-refractivity contribution in [2.75, 3.05) is 14.2 Å². The van der Waals surface area contributed by atoms with Gasteiger partial charge in [-0.05, 0) is 0 Å². The summed E-state index contributed by atoms with van der Waals surface area (Å²) in [5, 5.41) is 3.57. The third-order valence-electron chi connectivity index (χ3n) is 1.24. The molecule has 0 aliphatic carbocycles. The Balaban J connectivity index is 2.70. The molecule has 5 nitrogen and oxygen atoms in total. The fourth-order valence-corrected chi connectivity index (χ4v) is 0.725. The van der Waals surface area contributed by atoms with Crippen LogP contribution in [0.15, 0.2) is 10.6 Å². The van der Waals surface area contributed by atoms with Crippen LogP contribution in [0.3, 0.4) is 0 Å². The molecule has 66 valence electrons. The van der Waals surface area contributed by atoms with Gasteiger partial charge in [0, 0.05) is 13.2 Å². The molecule has 0 bridgehead atoms. The molecule has 1 aromatic rings. The lowest BCUT2D eigenvalue weighted by Gasteiger charge is -1.89. The van der Waals surface area contributed by atoms with Crippen molar-refractivity contribution in [2.45, 2.75) is 6.61 Å². The van der Waals surface area contributed by atoms with E-state index in [4.69, 9.17) is 4.74 Å². The molecular weight excluding hydrogens is 162 g/mol. The second-order valence-corrected chi connectivity index (χ2v) is 2.11. The van der Waals surface area contributed by atoms with Gasteiger partial charge in [0.1, 0.15) is 5.69 Å². The number of methoxy groups -OCH3 is 2. The van der Waals surface area contributed by atoms with Crippen molar-refractivity contribution < 1.29 is 18.8 Å². The first-order valence-corrected chi connectivity index (χ1v) is 3.30. The fraction of sp³-hybridized carbons (Fsp3) is 0.429. The molecule has 0 fully saturated rings. The summed E-state index contributed by atoms with van der Waals surface area (Å²) in [4.78, 5) is 10.8. The normalized spacial score (nSPS) is 9.83. The van der Waals surface area contributed by atoms with Gasteiger partial charge < -0.3 is 14.0 Å². The Hall–Kier alpha value is -1.36. The molecule has 0 radical (unpaired) electrons. The van der Waals surface area contributed by atoms with Gasteiger partial charge in [0.05, 0.1) is 13.7 Å². The highest BCUT2D eigenvalue weighted by atomic mass is 16.5. The lowest BCUT2D eigenvalue weighted by molar-refractivity contribution is 0.0554. The maximum absolute atomic E-state index is 10.8. The highest BCUT2D eigenvalue weighted by Gasteiger charge is 2.12. The number of rotatable bonds is 3. The average molecular weight is 171 g/mol. The van der Waals surface area contributed by atoms with Crippen molar-refractivity contribution >= 4 is 5.97 Å². The van der Waals surface area contributed by atoms with Crippen LogP contribution in [-0.4, -0.2) is 25.3 Å². The minimum Gasteiger partial charge on any atom is -0.463 e. The molecule has 1 heterocycles. The average Bonchev–Trinajstić information content (AvgIpc) is 2.52. The maximum Gasteiger partial charge on any atom is 0.376 e. The SMILES string of the molecule is COCc1cc(C(=O)OC)on1. The number of carbonyl (C=O) groups is 1. The monoisotopic (exact) mass is 171 g/mol. The topological polar surface area (TPSA) is 61.6 Å². The molecule has 0 aromatic carbocycles. The molecule has 0 spiro atoms. The molecule has 0 saturated carbocycles. The van der Waals surface area contributed by atoms with Gasteiger partial charge in [0.15, 0.2) is 0 Å². The summed E-state index contributed by atoms with van der Waals surface area (Å²) in [5.41, 5.74) is 0.568. The lowest BCUT2D eigenvalue weighted by Crippen LogP contribution is -1.98. The largest absolute Gasteiger partial charge is 0.463 e. The minimum absolute atomic E-state index is 0.0875. The van der Waals surface area contributed by atoms with Crippen LogP contribution < -0.4 is 0 Å². The molecule has 0 saturated heterocycles. The Bertz CT molecular complexity index is 268. The van der Waals surface area contributed by atoms with E-state index in [1.54, 1.807) is 0 Å². The Morgan fingerprint density at radius 3 is 3.00 bits per heavy atom. The number of nitrogens with zero attached hydrogens (tertiary/aromatic N) is 1. The molecule has 0 amide bonds. The van der Waals surface area contributed by atoms with E-state index in [0.717, 1.165) is 0 Å². The number of carbonyl (C=O) groups excluding carboxylic acids is 1. The molecule has 1 aromatic heterocycles. The van der Waals surface area contributed by atoms with Gasteiger partial charge in [-0.2, -0.15) is 0 Å². The molecule has 0 aliphatic heterocycles. The van der Waals surface area contributed by atoms with Crippen molar-refractivity contribution in [2.24, 2.45) is 0 Å². The Morgan fingerprint density at radius 1 is 1.67 bits per heavy atom. The second-order valence-electron chi connectivity index (χ2n) is 2.11. The van der Waals surface area contributed by atoms with E-state index >= 15 is 0 Å². The zero-order valence-corrected chi connectivity index (χ0v) is 6.86. The molecule has 0 atom stereocenters. The fourth-order valence-electron chi connectivity index (χ4n) is 0.725. The number of esters is 1. The van der Waals surface area contributed by atoms with Crippen molar-refractivity contribution in [3.05, 3.63) is 17.5 Å². The van der Waals surface area contributed by atoms with Crippen LogP contribution in [-0.2, 0) is 16.1 Å². The maximum atomic E-state index is 10.8. The van der Waals surface area contributed by atoms with Gasteiger partial charge >= 0.3 is 5.97 Å². The van der Waals surface area contributed by atoms with E-state index in [2.05, 4.69) is 14.4 Å².